The van der Waals surface area contributed by atoms with Crippen molar-refractivity contribution in [3.05, 3.63) is 17.3 Å². The molecule has 0 aromatic carbocycles. The molecule has 3 heterocycles. The van der Waals surface area contributed by atoms with Gasteiger partial charge >= 0.3 is 0 Å². The van der Waals surface area contributed by atoms with E-state index in [1.807, 2.05) is 0 Å². The summed E-state index contributed by atoms with van der Waals surface area (Å²) in [5, 5.41) is 41.5. The molecule has 2 aromatic heterocycles. The summed E-state index contributed by atoms with van der Waals surface area (Å²) in [6.45, 7) is -1.04. The van der Waals surface area contributed by atoms with Crippen LogP contribution in [0.4, 0.5) is 5.82 Å². The van der Waals surface area contributed by atoms with E-state index in [1.54, 1.807) is 6.07 Å². The highest BCUT2D eigenvalue weighted by Crippen LogP contribution is 2.47. The molecule has 8 nitrogen and oxygen atoms in total. The molecule has 21 heavy (non-hydrogen) atoms. The van der Waals surface area contributed by atoms with Gasteiger partial charge in [-0.25, -0.2) is 9.97 Å². The number of hydrogen-bond donors (Lipinski definition) is 4. The van der Waals surface area contributed by atoms with Crippen LogP contribution in [0.25, 0.3) is 10.2 Å². The van der Waals surface area contributed by atoms with Crippen molar-refractivity contribution >= 4 is 27.4 Å². The molecule has 0 bridgehead atoms. The van der Waals surface area contributed by atoms with Crippen LogP contribution >= 0.6 is 11.3 Å². The zero-order valence-corrected chi connectivity index (χ0v) is 11.5. The van der Waals surface area contributed by atoms with Crippen molar-refractivity contribution in [2.75, 3.05) is 18.9 Å². The van der Waals surface area contributed by atoms with E-state index in [9.17, 15) is 20.6 Å². The van der Waals surface area contributed by atoms with Crippen LogP contribution in [0.15, 0.2) is 11.7 Å². The number of nitriles is 1. The molecule has 2 aromatic rings. The van der Waals surface area contributed by atoms with Crippen LogP contribution < -0.4 is 5.73 Å². The molecule has 0 amide bonds. The molecule has 1 aliphatic rings. The number of thiophene rings is 1. The van der Waals surface area contributed by atoms with Crippen molar-refractivity contribution in [2.24, 2.45) is 0 Å². The predicted molar refractivity (Wildman–Crippen MR) is 73.1 cm³/mol. The van der Waals surface area contributed by atoms with Gasteiger partial charge in [-0.05, 0) is 0 Å². The Labute approximate surface area is 123 Å². The van der Waals surface area contributed by atoms with E-state index < -0.39 is 23.9 Å². The first kappa shape index (κ1) is 14.1. The first-order chi connectivity index (χ1) is 10.00. The Kier molecular flexibility index (Phi) is 3.09. The predicted octanol–water partition coefficient (Wildman–Crippen LogP) is -0.893. The SMILES string of the molecule is N#CC1(CO)OCC(O)C1(O)c1csc2c(N)ncnc12. The van der Waals surface area contributed by atoms with Crippen LogP contribution in [-0.4, -0.2) is 50.2 Å². The van der Waals surface area contributed by atoms with E-state index in [0.29, 0.717) is 10.2 Å². The number of rotatable bonds is 2. The van der Waals surface area contributed by atoms with E-state index in [1.165, 1.54) is 23.0 Å². The second-order valence-corrected chi connectivity index (χ2v) is 5.66. The summed E-state index contributed by atoms with van der Waals surface area (Å²) in [6, 6.07) is 1.76. The van der Waals surface area contributed by atoms with Crippen LogP contribution in [0, 0.1) is 11.3 Å². The Bertz CT molecular complexity index is 744. The lowest BCUT2D eigenvalue weighted by Crippen LogP contribution is -2.55. The summed E-state index contributed by atoms with van der Waals surface area (Å²) in [5.41, 5.74) is 2.21. The van der Waals surface area contributed by atoms with Gasteiger partial charge < -0.3 is 25.8 Å². The molecule has 0 spiro atoms. The number of aromatic nitrogens is 2. The van der Waals surface area contributed by atoms with Gasteiger partial charge in [-0.1, -0.05) is 0 Å². The Morgan fingerprint density at radius 1 is 1.57 bits per heavy atom. The highest BCUT2D eigenvalue weighted by molar-refractivity contribution is 7.18. The Hall–Kier alpha value is -1.83. The molecule has 5 N–H and O–H groups in total. The van der Waals surface area contributed by atoms with Gasteiger partial charge in [0.1, 0.15) is 24.3 Å². The maximum absolute atomic E-state index is 11.0. The summed E-state index contributed by atoms with van der Waals surface area (Å²) in [7, 11) is 0. The normalized spacial score (nSPS) is 32.4. The zero-order valence-electron chi connectivity index (χ0n) is 10.7. The van der Waals surface area contributed by atoms with Gasteiger partial charge in [-0.3, -0.25) is 0 Å². The number of nitrogen functional groups attached to an aromatic ring is 1. The van der Waals surface area contributed by atoms with Crippen molar-refractivity contribution in [3.63, 3.8) is 0 Å². The molecule has 1 aliphatic heterocycles. The number of ether oxygens (including phenoxy) is 1. The van der Waals surface area contributed by atoms with E-state index in [4.69, 9.17) is 10.5 Å². The molecule has 3 atom stereocenters. The quantitative estimate of drug-likeness (QED) is 0.559. The molecule has 3 unspecified atom stereocenters. The van der Waals surface area contributed by atoms with E-state index in [2.05, 4.69) is 9.97 Å². The molecule has 1 saturated heterocycles. The van der Waals surface area contributed by atoms with Crippen LogP contribution in [-0.2, 0) is 10.3 Å². The average Bonchev–Trinajstić information content (AvgIpc) is 3.03. The van der Waals surface area contributed by atoms with Gasteiger partial charge in [0.2, 0.25) is 5.60 Å². The second kappa shape index (κ2) is 4.59. The van der Waals surface area contributed by atoms with Crippen LogP contribution in [0.1, 0.15) is 5.56 Å². The fraction of sp³-hybridized carbons (Fsp3) is 0.417. The summed E-state index contributed by atoms with van der Waals surface area (Å²) < 4.78 is 5.72. The van der Waals surface area contributed by atoms with Crippen molar-refractivity contribution in [1.82, 2.24) is 9.97 Å². The van der Waals surface area contributed by atoms with E-state index in [-0.39, 0.29) is 18.0 Å². The van der Waals surface area contributed by atoms with E-state index in [0.717, 1.165) is 0 Å². The zero-order chi connectivity index (χ0) is 15.3. The lowest BCUT2D eigenvalue weighted by molar-refractivity contribution is -0.134. The molecular weight excluding hydrogens is 296 g/mol. The van der Waals surface area contributed by atoms with Gasteiger partial charge in [-0.15, -0.1) is 11.3 Å². The third-order valence-corrected chi connectivity index (χ3v) is 4.77. The molecular formula is C12H12N4O4S. The van der Waals surface area contributed by atoms with Gasteiger partial charge in [0.15, 0.2) is 5.60 Å². The average molecular weight is 308 g/mol. The summed E-state index contributed by atoms with van der Waals surface area (Å²) in [4.78, 5) is 7.91. The standard InChI is InChI=1S/C12H12N4O4S/c13-3-11(4-17)12(19,7(18)1-20-11)6-2-21-9-8(6)15-5-16-10(9)14/h2,5,7,17-19H,1,4H2,(H2,14,15,16). The lowest BCUT2D eigenvalue weighted by atomic mass is 9.77. The molecule has 1 fully saturated rings. The topological polar surface area (TPSA) is 146 Å². The number of nitrogens with two attached hydrogens (primary N) is 1. The molecule has 3 rings (SSSR count). The van der Waals surface area contributed by atoms with Gasteiger partial charge in [-0.2, -0.15) is 5.26 Å². The second-order valence-electron chi connectivity index (χ2n) is 4.78. The monoisotopic (exact) mass is 308 g/mol. The lowest BCUT2D eigenvalue weighted by Gasteiger charge is -2.35. The largest absolute Gasteiger partial charge is 0.392 e. The third-order valence-electron chi connectivity index (χ3n) is 3.78. The van der Waals surface area contributed by atoms with Crippen LogP contribution in [0.2, 0.25) is 0 Å². The minimum atomic E-state index is -2.10. The number of aliphatic hydroxyl groups is 3. The smallest absolute Gasteiger partial charge is 0.212 e. The van der Waals surface area contributed by atoms with Crippen molar-refractivity contribution in [1.29, 1.82) is 5.26 Å². The number of hydrogen-bond acceptors (Lipinski definition) is 9. The fourth-order valence-electron chi connectivity index (χ4n) is 2.58. The Balaban J connectivity index is 2.29. The third kappa shape index (κ3) is 1.62. The number of anilines is 1. The molecule has 110 valence electrons. The molecule has 0 saturated carbocycles. The number of nitrogens with zero attached hydrogens (tertiary/aromatic N) is 3. The first-order valence-electron chi connectivity index (χ1n) is 6.05. The number of fused-ring (bicyclic) bond motifs is 1. The maximum Gasteiger partial charge on any atom is 0.212 e. The minimum absolute atomic E-state index is 0.192. The van der Waals surface area contributed by atoms with Crippen molar-refractivity contribution in [2.45, 2.75) is 17.3 Å². The van der Waals surface area contributed by atoms with Gasteiger partial charge in [0.05, 0.1) is 23.4 Å². The van der Waals surface area contributed by atoms with Crippen molar-refractivity contribution < 1.29 is 20.1 Å². The highest BCUT2D eigenvalue weighted by Gasteiger charge is 2.63. The van der Waals surface area contributed by atoms with E-state index >= 15 is 0 Å². The Morgan fingerprint density at radius 2 is 2.33 bits per heavy atom. The summed E-state index contributed by atoms with van der Waals surface area (Å²) in [6.07, 6.45) is -0.148. The summed E-state index contributed by atoms with van der Waals surface area (Å²) in [5.74, 6) is 0.236. The highest BCUT2D eigenvalue weighted by atomic mass is 32.1. The molecule has 0 radical (unpaired) electrons. The number of aliphatic hydroxyl groups excluding tert-OH is 2. The summed E-state index contributed by atoms with van der Waals surface area (Å²) >= 11 is 1.18. The van der Waals surface area contributed by atoms with Crippen LogP contribution in [0.3, 0.4) is 0 Å². The van der Waals surface area contributed by atoms with Gasteiger partial charge in [0, 0.05) is 10.9 Å². The minimum Gasteiger partial charge on any atom is -0.392 e. The Morgan fingerprint density at radius 3 is 3.00 bits per heavy atom. The molecule has 9 heteroatoms. The fourth-order valence-corrected chi connectivity index (χ4v) is 3.55. The first-order valence-corrected chi connectivity index (χ1v) is 6.93. The molecule has 0 aliphatic carbocycles. The van der Waals surface area contributed by atoms with Gasteiger partial charge in [0.25, 0.3) is 0 Å². The maximum atomic E-state index is 11.0. The van der Waals surface area contributed by atoms with Crippen LogP contribution in [0.5, 0.6) is 0 Å². The van der Waals surface area contributed by atoms with Crippen molar-refractivity contribution in [3.8, 4) is 6.07 Å².